The molecule has 2 amide bonds. The molecule has 3 aromatic carbocycles. The van der Waals surface area contributed by atoms with Crippen molar-refractivity contribution in [1.29, 1.82) is 0 Å². The molecule has 0 saturated carbocycles. The van der Waals surface area contributed by atoms with E-state index in [4.69, 9.17) is 4.74 Å². The van der Waals surface area contributed by atoms with Crippen LogP contribution in [0, 0.1) is 5.92 Å². The van der Waals surface area contributed by atoms with Crippen LogP contribution in [0.4, 0.5) is 0 Å². The number of amides is 2. The molecule has 0 radical (unpaired) electrons. The van der Waals surface area contributed by atoms with E-state index >= 15 is 0 Å². The highest BCUT2D eigenvalue weighted by atomic mass is 16.5. The highest BCUT2D eigenvalue weighted by Crippen LogP contribution is 2.24. The number of aliphatic hydroxyl groups is 1. The zero-order valence-corrected chi connectivity index (χ0v) is 30.5. The van der Waals surface area contributed by atoms with Gasteiger partial charge >= 0.3 is 0 Å². The quantitative estimate of drug-likeness (QED) is 0.153. The summed E-state index contributed by atoms with van der Waals surface area (Å²) in [6.45, 7) is 5.38. The number of fused-ring (bicyclic) bond motifs is 1. The SMILES string of the molecule is O=C(NC(CCCc1ccccc1)CCCc1ccccc1)C1CCCN(C(=O)CN2CCN(C[C@@H](O)COc3cccc4ncccc34)CC2)C1. The molecule has 52 heavy (non-hydrogen) atoms. The van der Waals surface area contributed by atoms with Crippen LogP contribution in [0.25, 0.3) is 10.9 Å². The molecule has 0 aliphatic carbocycles. The first-order valence-corrected chi connectivity index (χ1v) is 19.3. The number of piperidine rings is 1. The molecular weight excluding hydrogens is 651 g/mol. The van der Waals surface area contributed by atoms with Gasteiger partial charge in [0.2, 0.25) is 11.8 Å². The number of β-amino-alcohol motifs (C(OH)–C–C–N with tert-alkyl or cyclic N) is 1. The van der Waals surface area contributed by atoms with Crippen LogP contribution in [0.5, 0.6) is 5.75 Å². The number of nitrogens with one attached hydrogen (secondary N) is 1. The average Bonchev–Trinajstić information content (AvgIpc) is 3.18. The van der Waals surface area contributed by atoms with Crippen molar-refractivity contribution < 1.29 is 19.4 Å². The van der Waals surface area contributed by atoms with Crippen molar-refractivity contribution in [2.75, 3.05) is 59.0 Å². The number of aryl methyl sites for hydroxylation is 2. The minimum atomic E-state index is -0.621. The molecule has 1 aromatic heterocycles. The Morgan fingerprint density at radius 3 is 2.17 bits per heavy atom. The maximum atomic E-state index is 13.6. The summed E-state index contributed by atoms with van der Waals surface area (Å²) in [4.78, 5) is 37.8. The van der Waals surface area contributed by atoms with Crippen molar-refractivity contribution in [3.63, 3.8) is 0 Å². The molecular formula is C43H55N5O4. The number of rotatable bonds is 17. The number of aliphatic hydroxyl groups excluding tert-OH is 1. The smallest absolute Gasteiger partial charge is 0.236 e. The molecule has 2 aliphatic heterocycles. The summed E-state index contributed by atoms with van der Waals surface area (Å²) in [5.74, 6) is 0.749. The largest absolute Gasteiger partial charge is 0.490 e. The first-order chi connectivity index (χ1) is 25.5. The van der Waals surface area contributed by atoms with E-state index in [0.29, 0.717) is 26.2 Å². The van der Waals surface area contributed by atoms with Crippen LogP contribution in [-0.2, 0) is 22.4 Å². The molecule has 2 atom stereocenters. The van der Waals surface area contributed by atoms with Crippen LogP contribution in [0.2, 0.25) is 0 Å². The second-order valence-corrected chi connectivity index (χ2v) is 14.5. The van der Waals surface area contributed by atoms with Gasteiger partial charge in [0, 0.05) is 63.4 Å². The first-order valence-electron chi connectivity index (χ1n) is 19.3. The van der Waals surface area contributed by atoms with E-state index in [2.05, 4.69) is 68.6 Å². The lowest BCUT2D eigenvalue weighted by molar-refractivity contribution is -0.137. The molecule has 0 spiro atoms. The van der Waals surface area contributed by atoms with Gasteiger partial charge in [-0.2, -0.15) is 0 Å². The van der Waals surface area contributed by atoms with E-state index < -0.39 is 6.10 Å². The van der Waals surface area contributed by atoms with Gasteiger partial charge in [0.25, 0.3) is 0 Å². The molecule has 6 rings (SSSR count). The number of ether oxygens (including phenoxy) is 1. The van der Waals surface area contributed by atoms with E-state index in [1.807, 2.05) is 47.4 Å². The monoisotopic (exact) mass is 705 g/mol. The number of hydrogen-bond donors (Lipinski definition) is 2. The van der Waals surface area contributed by atoms with Gasteiger partial charge in [-0.1, -0.05) is 66.7 Å². The normalized spacial score (nSPS) is 17.7. The third kappa shape index (κ3) is 11.3. The number of pyridine rings is 1. The van der Waals surface area contributed by atoms with Crippen molar-refractivity contribution in [1.82, 2.24) is 25.0 Å². The third-order valence-electron chi connectivity index (χ3n) is 10.5. The van der Waals surface area contributed by atoms with Gasteiger partial charge in [-0.3, -0.25) is 24.4 Å². The van der Waals surface area contributed by atoms with Crippen LogP contribution in [0.3, 0.4) is 0 Å². The van der Waals surface area contributed by atoms with Crippen molar-refractivity contribution in [3.05, 3.63) is 108 Å². The van der Waals surface area contributed by atoms with Crippen molar-refractivity contribution >= 4 is 22.7 Å². The molecule has 4 aromatic rings. The van der Waals surface area contributed by atoms with Crippen molar-refractivity contribution in [2.45, 2.75) is 63.5 Å². The zero-order chi connectivity index (χ0) is 36.0. The molecule has 9 heteroatoms. The molecule has 9 nitrogen and oxygen atoms in total. The minimum absolute atomic E-state index is 0.0928. The van der Waals surface area contributed by atoms with Gasteiger partial charge in [0.1, 0.15) is 18.5 Å². The van der Waals surface area contributed by atoms with E-state index in [1.54, 1.807) is 6.20 Å². The Bertz CT molecular complexity index is 1630. The molecule has 276 valence electrons. The lowest BCUT2D eigenvalue weighted by atomic mass is 9.94. The Labute approximate surface area is 309 Å². The van der Waals surface area contributed by atoms with Gasteiger partial charge in [-0.15, -0.1) is 0 Å². The Balaban J connectivity index is 0.920. The average molecular weight is 706 g/mol. The third-order valence-corrected chi connectivity index (χ3v) is 10.5. The fourth-order valence-electron chi connectivity index (χ4n) is 7.58. The van der Waals surface area contributed by atoms with Crippen LogP contribution in [0.1, 0.15) is 49.7 Å². The van der Waals surface area contributed by atoms with Gasteiger partial charge in [0.15, 0.2) is 0 Å². The molecule has 3 heterocycles. The minimum Gasteiger partial charge on any atom is -0.490 e. The Hall–Kier alpha value is -4.31. The number of benzene rings is 3. The van der Waals surface area contributed by atoms with Crippen molar-refractivity contribution in [3.8, 4) is 5.75 Å². The summed E-state index contributed by atoms with van der Waals surface area (Å²) >= 11 is 0. The number of nitrogens with zero attached hydrogens (tertiary/aromatic N) is 4. The van der Waals surface area contributed by atoms with E-state index in [0.717, 1.165) is 94.2 Å². The molecule has 2 N–H and O–H groups in total. The number of aromatic nitrogens is 1. The lowest BCUT2D eigenvalue weighted by Gasteiger charge is -2.37. The van der Waals surface area contributed by atoms with Crippen LogP contribution >= 0.6 is 0 Å². The molecule has 2 fully saturated rings. The summed E-state index contributed by atoms with van der Waals surface area (Å²) in [6.07, 6.45) is 8.76. The summed E-state index contributed by atoms with van der Waals surface area (Å²) < 4.78 is 5.97. The highest BCUT2D eigenvalue weighted by Gasteiger charge is 2.31. The van der Waals surface area contributed by atoms with Crippen LogP contribution in [-0.4, -0.2) is 108 Å². The summed E-state index contributed by atoms with van der Waals surface area (Å²) in [5, 5.41) is 15.1. The predicted octanol–water partition coefficient (Wildman–Crippen LogP) is 5.36. The second kappa shape index (κ2) is 19.5. The topological polar surface area (TPSA) is 98.2 Å². The van der Waals surface area contributed by atoms with E-state index in [9.17, 15) is 14.7 Å². The highest BCUT2D eigenvalue weighted by molar-refractivity contribution is 5.85. The summed E-state index contributed by atoms with van der Waals surface area (Å²) in [7, 11) is 0. The van der Waals surface area contributed by atoms with Crippen LogP contribution in [0.15, 0.2) is 97.2 Å². The number of carbonyl (C=O) groups excluding carboxylic acids is 2. The molecule has 2 aliphatic rings. The predicted molar refractivity (Wildman–Crippen MR) is 206 cm³/mol. The van der Waals surface area contributed by atoms with Gasteiger partial charge < -0.3 is 20.1 Å². The summed E-state index contributed by atoms with van der Waals surface area (Å²) in [6, 6.07) is 30.9. The Morgan fingerprint density at radius 1 is 0.808 bits per heavy atom. The van der Waals surface area contributed by atoms with E-state index in [-0.39, 0.29) is 30.4 Å². The number of likely N-dealkylation sites (tertiary alicyclic amines) is 1. The maximum absolute atomic E-state index is 13.6. The lowest BCUT2D eigenvalue weighted by Crippen LogP contribution is -2.53. The van der Waals surface area contributed by atoms with Crippen LogP contribution < -0.4 is 10.1 Å². The maximum Gasteiger partial charge on any atom is 0.236 e. The van der Waals surface area contributed by atoms with Gasteiger partial charge in [-0.25, -0.2) is 0 Å². The fourth-order valence-corrected chi connectivity index (χ4v) is 7.58. The number of hydrogen-bond acceptors (Lipinski definition) is 7. The van der Waals surface area contributed by atoms with Gasteiger partial charge in [0.05, 0.1) is 18.0 Å². The van der Waals surface area contributed by atoms with Gasteiger partial charge in [-0.05, 0) is 86.8 Å². The summed E-state index contributed by atoms with van der Waals surface area (Å²) in [5.41, 5.74) is 3.53. The second-order valence-electron chi connectivity index (χ2n) is 14.5. The number of carbonyl (C=O) groups is 2. The molecule has 2 saturated heterocycles. The molecule has 1 unspecified atom stereocenters. The number of piperazine rings is 1. The first kappa shape index (κ1) is 37.4. The Morgan fingerprint density at radius 2 is 1.48 bits per heavy atom. The molecule has 0 bridgehead atoms. The Kier molecular flexibility index (Phi) is 14.0. The fraction of sp³-hybridized carbons (Fsp3) is 0.465. The standard InChI is InChI=1S/C43H55N5O4/c49-38(33-52-41-23-9-22-40-39(41)21-10-24-44-40)31-46-26-28-47(29-27-46)32-42(50)48-25-11-18-36(30-48)43(51)45-37(19-7-16-34-12-3-1-4-13-34)20-8-17-35-14-5-2-6-15-35/h1-6,9-10,12-15,21-24,36-38,49H,7-8,11,16-20,25-33H2,(H,45,51)/t36?,38-/m1/s1. The van der Waals surface area contributed by atoms with E-state index in [1.165, 1.54) is 11.1 Å². The van der Waals surface area contributed by atoms with Crippen molar-refractivity contribution in [2.24, 2.45) is 5.92 Å². The zero-order valence-electron chi connectivity index (χ0n) is 30.5.